The van der Waals surface area contributed by atoms with Gasteiger partial charge in [-0.3, -0.25) is 9.69 Å². The third-order valence-electron chi connectivity index (χ3n) is 2.74. The van der Waals surface area contributed by atoms with E-state index >= 15 is 0 Å². The molecule has 1 heterocycles. The lowest BCUT2D eigenvalue weighted by Crippen LogP contribution is -2.32. The lowest BCUT2D eigenvalue weighted by atomic mass is 10.2. The van der Waals surface area contributed by atoms with Gasteiger partial charge in [-0.1, -0.05) is 27.2 Å². The molecule has 0 spiro atoms. The Hall–Kier alpha value is -1.45. The van der Waals surface area contributed by atoms with Crippen LogP contribution in [0.3, 0.4) is 0 Å². The van der Waals surface area contributed by atoms with Crippen molar-refractivity contribution in [3.8, 4) is 0 Å². The monoisotopic (exact) mass is 235 g/mol. The van der Waals surface area contributed by atoms with Crippen LogP contribution in [-0.2, 0) is 11.2 Å². The van der Waals surface area contributed by atoms with Gasteiger partial charge >= 0.3 is 0 Å². The summed E-state index contributed by atoms with van der Waals surface area (Å²) in [6.07, 6.45) is 6.73. The van der Waals surface area contributed by atoms with Crippen molar-refractivity contribution in [2.24, 2.45) is 0 Å². The van der Waals surface area contributed by atoms with Crippen LogP contribution in [0.15, 0.2) is 12.5 Å². The Labute approximate surface area is 103 Å². The summed E-state index contributed by atoms with van der Waals surface area (Å²) < 4.78 is 0. The van der Waals surface area contributed by atoms with Gasteiger partial charge in [-0.05, 0) is 12.8 Å². The van der Waals surface area contributed by atoms with Gasteiger partial charge in [-0.25, -0.2) is 9.97 Å². The molecule has 0 atom stereocenters. The van der Waals surface area contributed by atoms with Gasteiger partial charge in [0.15, 0.2) is 0 Å². The molecule has 0 aliphatic carbocycles. The fourth-order valence-electron chi connectivity index (χ4n) is 1.70. The molecule has 0 bridgehead atoms. The predicted octanol–water partition coefficient (Wildman–Crippen LogP) is 2.58. The van der Waals surface area contributed by atoms with E-state index in [1.54, 1.807) is 11.1 Å². The Morgan fingerprint density at radius 3 is 2.71 bits per heavy atom. The zero-order valence-electron chi connectivity index (χ0n) is 10.9. The summed E-state index contributed by atoms with van der Waals surface area (Å²) in [6.45, 7) is 6.80. The van der Waals surface area contributed by atoms with E-state index in [-0.39, 0.29) is 5.91 Å². The first kappa shape index (κ1) is 13.6. The molecule has 4 nitrogen and oxygen atoms in total. The first-order valence-electron chi connectivity index (χ1n) is 6.33. The molecule has 0 aromatic carbocycles. The van der Waals surface area contributed by atoms with E-state index in [1.807, 2.05) is 6.92 Å². The second kappa shape index (κ2) is 6.99. The van der Waals surface area contributed by atoms with Crippen LogP contribution in [0.4, 0.5) is 5.82 Å². The highest BCUT2D eigenvalue weighted by molar-refractivity contribution is 5.92. The zero-order valence-corrected chi connectivity index (χ0v) is 10.9. The molecule has 0 saturated carbocycles. The van der Waals surface area contributed by atoms with Gasteiger partial charge in [0.2, 0.25) is 5.91 Å². The van der Waals surface area contributed by atoms with Crippen molar-refractivity contribution < 1.29 is 4.79 Å². The molecule has 0 saturated heterocycles. The Kier molecular flexibility index (Phi) is 5.60. The number of anilines is 1. The molecule has 1 aromatic heterocycles. The molecule has 0 unspecified atom stereocenters. The van der Waals surface area contributed by atoms with Crippen LogP contribution in [0.5, 0.6) is 0 Å². The molecule has 1 amide bonds. The minimum absolute atomic E-state index is 0.131. The van der Waals surface area contributed by atoms with E-state index in [2.05, 4.69) is 23.8 Å². The molecule has 1 aromatic rings. The maximum atomic E-state index is 12.0. The number of carbonyl (C=O) groups is 1. The molecular weight excluding hydrogens is 214 g/mol. The topological polar surface area (TPSA) is 46.1 Å². The van der Waals surface area contributed by atoms with Gasteiger partial charge in [0, 0.05) is 24.7 Å². The van der Waals surface area contributed by atoms with E-state index in [0.29, 0.717) is 6.42 Å². The lowest BCUT2D eigenvalue weighted by molar-refractivity contribution is -0.118. The molecule has 0 fully saturated rings. The Morgan fingerprint density at radius 1 is 1.35 bits per heavy atom. The quantitative estimate of drug-likeness (QED) is 0.761. The van der Waals surface area contributed by atoms with E-state index in [4.69, 9.17) is 0 Å². The van der Waals surface area contributed by atoms with E-state index in [1.165, 1.54) is 6.33 Å². The Morgan fingerprint density at radius 2 is 2.12 bits per heavy atom. The number of carbonyl (C=O) groups excluding carboxylic acids is 1. The van der Waals surface area contributed by atoms with E-state index in [9.17, 15) is 4.79 Å². The number of nitrogens with zero attached hydrogens (tertiary/aromatic N) is 3. The van der Waals surface area contributed by atoms with Crippen molar-refractivity contribution in [1.29, 1.82) is 0 Å². The molecule has 1 rings (SSSR count). The fourth-order valence-corrected chi connectivity index (χ4v) is 1.70. The highest BCUT2D eigenvalue weighted by atomic mass is 16.2. The van der Waals surface area contributed by atoms with Gasteiger partial charge in [0.25, 0.3) is 0 Å². The van der Waals surface area contributed by atoms with Gasteiger partial charge in [-0.2, -0.15) is 0 Å². The molecule has 4 heteroatoms. The van der Waals surface area contributed by atoms with Crippen molar-refractivity contribution in [1.82, 2.24) is 9.97 Å². The lowest BCUT2D eigenvalue weighted by Gasteiger charge is -2.22. The summed E-state index contributed by atoms with van der Waals surface area (Å²) in [4.78, 5) is 22.0. The van der Waals surface area contributed by atoms with Crippen molar-refractivity contribution >= 4 is 11.7 Å². The minimum atomic E-state index is 0.131. The number of hydrogen-bond donors (Lipinski definition) is 0. The maximum Gasteiger partial charge on any atom is 0.227 e. The molecule has 0 radical (unpaired) electrons. The second-order valence-corrected chi connectivity index (χ2v) is 3.98. The van der Waals surface area contributed by atoms with E-state index < -0.39 is 0 Å². The summed E-state index contributed by atoms with van der Waals surface area (Å²) in [5.74, 6) is 0.912. The Bertz CT molecular complexity index is 365. The highest BCUT2D eigenvalue weighted by Crippen LogP contribution is 2.18. The number of aromatic nitrogens is 2. The third-order valence-corrected chi connectivity index (χ3v) is 2.74. The van der Waals surface area contributed by atoms with Crippen LogP contribution < -0.4 is 4.90 Å². The smallest absolute Gasteiger partial charge is 0.227 e. The molecule has 17 heavy (non-hydrogen) atoms. The van der Waals surface area contributed by atoms with Gasteiger partial charge in [0.1, 0.15) is 12.1 Å². The van der Waals surface area contributed by atoms with Crippen LogP contribution in [0.2, 0.25) is 0 Å². The number of aryl methyl sites for hydroxylation is 1. The first-order chi connectivity index (χ1) is 8.24. The van der Waals surface area contributed by atoms with Crippen molar-refractivity contribution in [3.05, 3.63) is 18.1 Å². The predicted molar refractivity (Wildman–Crippen MR) is 69.0 cm³/mol. The highest BCUT2D eigenvalue weighted by Gasteiger charge is 2.17. The molecule has 0 aliphatic heterocycles. The summed E-state index contributed by atoms with van der Waals surface area (Å²) in [5.41, 5.74) is 1.03. The van der Waals surface area contributed by atoms with Crippen molar-refractivity contribution in [2.75, 3.05) is 11.4 Å². The minimum Gasteiger partial charge on any atom is -0.297 e. The van der Waals surface area contributed by atoms with Crippen LogP contribution in [0, 0.1) is 0 Å². The summed E-state index contributed by atoms with van der Waals surface area (Å²) in [5, 5.41) is 0. The summed E-state index contributed by atoms with van der Waals surface area (Å²) in [7, 11) is 0. The van der Waals surface area contributed by atoms with Crippen LogP contribution in [0.1, 0.15) is 45.6 Å². The van der Waals surface area contributed by atoms with Crippen LogP contribution in [-0.4, -0.2) is 22.4 Å². The zero-order chi connectivity index (χ0) is 12.7. The standard InChI is InChI=1S/C13H21N3O/c1-4-7-8-16(12(17)6-3)13-11(5-2)9-14-10-15-13/h9-10H,4-8H2,1-3H3. The first-order valence-corrected chi connectivity index (χ1v) is 6.33. The average Bonchev–Trinajstić information content (AvgIpc) is 2.39. The summed E-state index contributed by atoms with van der Waals surface area (Å²) >= 11 is 0. The van der Waals surface area contributed by atoms with Crippen LogP contribution >= 0.6 is 0 Å². The number of rotatable bonds is 6. The largest absolute Gasteiger partial charge is 0.297 e. The van der Waals surface area contributed by atoms with Gasteiger partial charge in [0.05, 0.1) is 0 Å². The second-order valence-electron chi connectivity index (χ2n) is 3.98. The normalized spacial score (nSPS) is 10.3. The fraction of sp³-hybridized carbons (Fsp3) is 0.615. The average molecular weight is 235 g/mol. The molecule has 94 valence electrons. The van der Waals surface area contributed by atoms with Gasteiger partial charge in [-0.15, -0.1) is 0 Å². The summed E-state index contributed by atoms with van der Waals surface area (Å²) in [6, 6.07) is 0. The number of amides is 1. The number of hydrogen-bond acceptors (Lipinski definition) is 3. The Balaban J connectivity index is 2.98. The number of unbranched alkanes of at least 4 members (excludes halogenated alkanes) is 1. The van der Waals surface area contributed by atoms with Gasteiger partial charge < -0.3 is 0 Å². The maximum absolute atomic E-state index is 12.0. The third kappa shape index (κ3) is 3.51. The molecule has 0 aliphatic rings. The molecule has 0 N–H and O–H groups in total. The SMILES string of the molecule is CCCCN(C(=O)CC)c1ncncc1CC. The van der Waals surface area contributed by atoms with Crippen molar-refractivity contribution in [2.45, 2.75) is 46.5 Å². The van der Waals surface area contributed by atoms with Crippen molar-refractivity contribution in [3.63, 3.8) is 0 Å². The van der Waals surface area contributed by atoms with Crippen LogP contribution in [0.25, 0.3) is 0 Å². The molecular formula is C13H21N3O. The van der Waals surface area contributed by atoms with E-state index in [0.717, 1.165) is 37.2 Å².